The van der Waals surface area contributed by atoms with Crippen LogP contribution in [0.5, 0.6) is 17.2 Å². The number of halogens is 1. The number of hydrogen-bond donors (Lipinski definition) is 2. The minimum atomic E-state index is -1.54. The second-order valence-corrected chi connectivity index (χ2v) is 17.1. The molecule has 0 amide bonds. The molecule has 3 N–H and O–H groups in total. The van der Waals surface area contributed by atoms with Gasteiger partial charge in [0.25, 0.3) is 0 Å². The Morgan fingerprint density at radius 1 is 1.11 bits per heavy atom. The molecule has 1 saturated heterocycles. The Bertz CT molecular complexity index is 2090. The average Bonchev–Trinajstić information content (AvgIpc) is 3.25. The van der Waals surface area contributed by atoms with Crippen LogP contribution < -0.4 is 25.3 Å². The Labute approximate surface area is 326 Å². The third-order valence-electron chi connectivity index (χ3n) is 12.2. The first-order valence-corrected chi connectivity index (χ1v) is 19.8. The molecule has 7 aliphatic rings. The lowest BCUT2D eigenvalue weighted by atomic mass is 9.45. The van der Waals surface area contributed by atoms with Crippen LogP contribution in [0.15, 0.2) is 58.0 Å². The Morgan fingerprint density at radius 3 is 2.48 bits per heavy atom. The number of rotatable bonds is 10. The summed E-state index contributed by atoms with van der Waals surface area (Å²) in [5.41, 5.74) is 9.22. The Morgan fingerprint density at radius 2 is 1.83 bits per heavy atom. The van der Waals surface area contributed by atoms with E-state index < -0.39 is 40.2 Å². The zero-order chi connectivity index (χ0) is 39.1. The Kier molecular flexibility index (Phi) is 9.29. The van der Waals surface area contributed by atoms with Gasteiger partial charge in [-0.15, -0.1) is 0 Å². The Balaban J connectivity index is 1.57. The van der Waals surface area contributed by atoms with Gasteiger partial charge in [-0.3, -0.25) is 4.79 Å². The normalized spacial score (nSPS) is 30.6. The molecular formula is C43H50BrN3O7. The van der Waals surface area contributed by atoms with Crippen molar-refractivity contribution in [2.45, 2.75) is 110 Å². The molecule has 4 heterocycles. The van der Waals surface area contributed by atoms with Gasteiger partial charge in [-0.2, -0.15) is 5.26 Å². The molecule has 3 saturated carbocycles. The van der Waals surface area contributed by atoms with Gasteiger partial charge in [-0.05, 0) is 109 Å². The summed E-state index contributed by atoms with van der Waals surface area (Å²) in [5.74, 6) is -0.319. The van der Waals surface area contributed by atoms with Gasteiger partial charge in [-0.1, -0.05) is 29.4 Å². The smallest absolute Gasteiger partial charge is 0.333 e. The number of esters is 1. The average molecular weight is 801 g/mol. The zero-order valence-corrected chi connectivity index (χ0v) is 34.2. The largest absolute Gasteiger partial charge is 0.482 e. The number of nitrogens with two attached hydrogens (primary N) is 1. The third-order valence-corrected chi connectivity index (χ3v) is 12.4. The van der Waals surface area contributed by atoms with Crippen LogP contribution in [-0.2, 0) is 25.5 Å². The molecule has 11 heteroatoms. The number of alkyl halides is 1. The number of Topliss-reactive ketones (excluding diaryl/α,β-unsaturated/α-hetero) is 1. The molecule has 3 aliphatic carbocycles. The highest BCUT2D eigenvalue weighted by molar-refractivity contribution is 9.09. The lowest BCUT2D eigenvalue weighted by molar-refractivity contribution is -0.181. The van der Waals surface area contributed by atoms with E-state index in [0.717, 1.165) is 35.1 Å². The van der Waals surface area contributed by atoms with Crippen LogP contribution in [0.4, 0.5) is 0 Å². The summed E-state index contributed by atoms with van der Waals surface area (Å²) < 4.78 is 33.4. The summed E-state index contributed by atoms with van der Waals surface area (Å²) in [6, 6.07) is 2.35. The predicted molar refractivity (Wildman–Crippen MR) is 209 cm³/mol. The van der Waals surface area contributed by atoms with Crippen molar-refractivity contribution in [1.82, 2.24) is 5.32 Å². The number of carbonyl (C=O) groups excluding carboxylic acids is 2. The van der Waals surface area contributed by atoms with Crippen LogP contribution in [0.1, 0.15) is 97.8 Å². The van der Waals surface area contributed by atoms with Crippen LogP contribution >= 0.6 is 15.9 Å². The number of nitrogens with one attached hydrogen (secondary N) is 1. The molecule has 4 aliphatic heterocycles. The molecule has 286 valence electrons. The summed E-state index contributed by atoms with van der Waals surface area (Å²) in [4.78, 5) is 27.9. The van der Waals surface area contributed by atoms with Crippen molar-refractivity contribution in [3.63, 3.8) is 0 Å². The lowest BCUT2D eigenvalue weighted by Crippen LogP contribution is -2.75. The highest BCUT2D eigenvalue weighted by Crippen LogP contribution is 2.73. The maximum atomic E-state index is 15.2. The second-order valence-electron chi connectivity index (χ2n) is 16.6. The predicted octanol–water partition coefficient (Wildman–Crippen LogP) is 7.87. The maximum absolute atomic E-state index is 15.2. The van der Waals surface area contributed by atoms with E-state index in [-0.39, 0.29) is 29.5 Å². The van der Waals surface area contributed by atoms with Gasteiger partial charge < -0.3 is 34.7 Å². The number of benzene rings is 1. The summed E-state index contributed by atoms with van der Waals surface area (Å²) in [5, 5.41) is 14.0. The van der Waals surface area contributed by atoms with Crippen molar-refractivity contribution < 1.29 is 33.3 Å². The fraction of sp³-hybridized carbons (Fsp3) is 0.512. The van der Waals surface area contributed by atoms with Gasteiger partial charge in [0.2, 0.25) is 0 Å². The van der Waals surface area contributed by atoms with E-state index in [1.165, 1.54) is 12.7 Å². The highest BCUT2D eigenvalue weighted by atomic mass is 79.9. The summed E-state index contributed by atoms with van der Waals surface area (Å²) >= 11 is 3.53. The molecule has 1 aromatic carbocycles. The first-order valence-electron chi connectivity index (χ1n) is 18.7. The molecule has 0 radical (unpaired) electrons. The zero-order valence-electron chi connectivity index (χ0n) is 32.6. The summed E-state index contributed by atoms with van der Waals surface area (Å²) in [6.45, 7) is 16.0. The number of carbonyl (C=O) groups is 2. The van der Waals surface area contributed by atoms with Crippen molar-refractivity contribution in [3.8, 4) is 23.3 Å². The Hall–Kier alpha value is -4.27. The molecule has 10 nitrogen and oxygen atoms in total. The number of ketones is 1. The minimum absolute atomic E-state index is 0.0593. The SMILES string of the molecule is COC(=O)/C(C)=C\CC12OC(C)(C)C3CC(C1=O)C1C(C#N)=C(N)NC4=C1C32Oc1c(CC=C(C)C)c2c(c(OCBr)c14)C=CC(C)(CCC=C(C)C)O2. The number of allylic oxidation sites excluding steroid dienone is 5. The second kappa shape index (κ2) is 13.2. The van der Waals surface area contributed by atoms with Gasteiger partial charge >= 0.3 is 5.97 Å². The van der Waals surface area contributed by atoms with E-state index in [2.05, 4.69) is 86.2 Å². The topological polar surface area (TPSA) is 142 Å². The van der Waals surface area contributed by atoms with E-state index in [4.69, 9.17) is 29.4 Å². The fourth-order valence-electron chi connectivity index (χ4n) is 9.86. The maximum Gasteiger partial charge on any atom is 0.333 e. The molecule has 54 heavy (non-hydrogen) atoms. The molecule has 0 aromatic heterocycles. The van der Waals surface area contributed by atoms with Crippen molar-refractivity contribution in [2.24, 2.45) is 23.5 Å². The van der Waals surface area contributed by atoms with Crippen LogP contribution in [0, 0.1) is 29.1 Å². The van der Waals surface area contributed by atoms with E-state index in [1.807, 2.05) is 13.8 Å². The molecule has 1 spiro atoms. The number of dihydropyridines is 1. The summed E-state index contributed by atoms with van der Waals surface area (Å²) in [6.07, 6.45) is 12.8. The van der Waals surface area contributed by atoms with Crippen LogP contribution in [-0.4, -0.2) is 46.8 Å². The van der Waals surface area contributed by atoms with Crippen LogP contribution in [0.2, 0.25) is 0 Å². The van der Waals surface area contributed by atoms with Crippen molar-refractivity contribution in [3.05, 3.63) is 74.7 Å². The van der Waals surface area contributed by atoms with Crippen molar-refractivity contribution >= 4 is 39.5 Å². The molecule has 4 fully saturated rings. The first-order chi connectivity index (χ1) is 25.5. The highest BCUT2D eigenvalue weighted by Gasteiger charge is 2.84. The van der Waals surface area contributed by atoms with Crippen molar-refractivity contribution in [2.75, 3.05) is 12.6 Å². The van der Waals surface area contributed by atoms with Gasteiger partial charge in [0.05, 0.1) is 41.2 Å². The van der Waals surface area contributed by atoms with Gasteiger partial charge in [0.15, 0.2) is 17.0 Å². The number of ether oxygens (including phenoxy) is 5. The number of nitriles is 1. The summed E-state index contributed by atoms with van der Waals surface area (Å²) in [7, 11) is 1.33. The number of methoxy groups -OCH3 is 1. The molecule has 4 bridgehead atoms. The molecular weight excluding hydrogens is 750 g/mol. The van der Waals surface area contributed by atoms with E-state index in [1.54, 1.807) is 13.0 Å². The van der Waals surface area contributed by atoms with E-state index in [0.29, 0.717) is 52.5 Å². The van der Waals surface area contributed by atoms with Crippen LogP contribution in [0.25, 0.3) is 11.8 Å². The minimum Gasteiger partial charge on any atom is -0.482 e. The van der Waals surface area contributed by atoms with Gasteiger partial charge in [0.1, 0.15) is 34.2 Å². The molecule has 6 unspecified atom stereocenters. The van der Waals surface area contributed by atoms with Gasteiger partial charge in [0, 0.05) is 40.9 Å². The number of fused-ring (bicyclic) bond motifs is 3. The number of hydrogen-bond acceptors (Lipinski definition) is 10. The third kappa shape index (κ3) is 5.34. The van der Waals surface area contributed by atoms with E-state index in [9.17, 15) is 10.1 Å². The standard InChI is InChI=1S/C43H50BrN3O7/c1-22(2)11-10-16-41(8)17-15-26-34(52-41)25(13-12-23(3)4)36-31(35(26)51-21-44)33-32-30(28(20-45)38(46)47-33)27-19-29-40(6,7)54-42(37(27)48,43(29,32)53-36)18-14-24(5)39(49)50-9/h11-12,14-15,17,27,29-30,47H,10,13,16,18-19,21,46H2,1-9H3/b24-14-. The molecule has 8 rings (SSSR count). The quantitative estimate of drug-likeness (QED) is 0.104. The first kappa shape index (κ1) is 38.0. The van der Waals surface area contributed by atoms with Crippen LogP contribution in [0.3, 0.4) is 0 Å². The monoisotopic (exact) mass is 799 g/mol. The van der Waals surface area contributed by atoms with Gasteiger partial charge in [-0.25, -0.2) is 4.79 Å². The number of nitrogens with zero attached hydrogens (tertiary/aromatic N) is 1. The molecule has 6 atom stereocenters. The van der Waals surface area contributed by atoms with Crippen molar-refractivity contribution in [1.29, 1.82) is 5.26 Å². The molecule has 1 aromatic rings. The lowest BCUT2D eigenvalue weighted by Gasteiger charge is -2.62. The fourth-order valence-corrected chi connectivity index (χ4v) is 10.1. The van der Waals surface area contributed by atoms with E-state index >= 15 is 4.79 Å².